The summed E-state index contributed by atoms with van der Waals surface area (Å²) in [5.74, 6) is -1.51. The van der Waals surface area contributed by atoms with Gasteiger partial charge in [-0.3, -0.25) is 0 Å². The van der Waals surface area contributed by atoms with Crippen molar-refractivity contribution in [2.45, 2.75) is 26.1 Å². The van der Waals surface area contributed by atoms with Crippen LogP contribution in [0.4, 0.5) is 0 Å². The van der Waals surface area contributed by atoms with Crippen molar-refractivity contribution in [3.63, 3.8) is 0 Å². The number of rotatable bonds is 2. The normalized spacial score (nSPS) is 12.0. The van der Waals surface area contributed by atoms with Gasteiger partial charge in [0.2, 0.25) is 0 Å². The Morgan fingerprint density at radius 1 is 1.57 bits per heavy atom. The third-order valence-electron chi connectivity index (χ3n) is 0.591. The van der Waals surface area contributed by atoms with E-state index in [1.807, 2.05) is 0 Å². The fourth-order valence-electron chi connectivity index (χ4n) is 0.387. The lowest BCUT2D eigenvalue weighted by atomic mass is 10.2. The van der Waals surface area contributed by atoms with E-state index in [1.54, 1.807) is 13.3 Å². The van der Waals surface area contributed by atoms with Crippen molar-refractivity contribution in [2.75, 3.05) is 0 Å². The van der Waals surface area contributed by atoms with Gasteiger partial charge in [-0.1, -0.05) is 6.92 Å². The van der Waals surface area contributed by atoms with E-state index in [0.29, 0.717) is 6.42 Å². The van der Waals surface area contributed by atoms with E-state index in [1.165, 1.54) is 6.92 Å². The van der Waals surface area contributed by atoms with Crippen molar-refractivity contribution in [1.29, 1.82) is 0 Å². The van der Waals surface area contributed by atoms with Gasteiger partial charge < -0.3 is 10.2 Å². The molecule has 43 valence electrons. The van der Waals surface area contributed by atoms with Crippen LogP contribution in [0.15, 0.2) is 0 Å². The summed E-state index contributed by atoms with van der Waals surface area (Å²) in [5, 5.41) is 17.1. The quantitative estimate of drug-likeness (QED) is 0.493. The molecule has 0 aromatic heterocycles. The van der Waals surface area contributed by atoms with Gasteiger partial charge >= 0.3 is 0 Å². The zero-order chi connectivity index (χ0) is 5.91. The van der Waals surface area contributed by atoms with E-state index in [0.717, 1.165) is 0 Å². The van der Waals surface area contributed by atoms with Crippen LogP contribution in [0, 0.1) is 6.42 Å². The third kappa shape index (κ3) is 5.92. The van der Waals surface area contributed by atoms with E-state index < -0.39 is 5.79 Å². The Morgan fingerprint density at radius 2 is 2.00 bits per heavy atom. The Morgan fingerprint density at radius 3 is 2.00 bits per heavy atom. The third-order valence-corrected chi connectivity index (χ3v) is 0.591. The topological polar surface area (TPSA) is 40.5 Å². The molecule has 0 aromatic rings. The first-order valence-corrected chi connectivity index (χ1v) is 2.29. The Balaban J connectivity index is 3.15. The summed E-state index contributed by atoms with van der Waals surface area (Å²) in [6, 6.07) is 0. The van der Waals surface area contributed by atoms with Crippen LogP contribution in [0.2, 0.25) is 0 Å². The maximum absolute atomic E-state index is 8.54. The minimum absolute atomic E-state index is 0.326. The molecule has 0 aromatic carbocycles. The Bertz CT molecular complexity index is 44.5. The molecular weight excluding hydrogens is 92.1 g/mol. The zero-order valence-corrected chi connectivity index (χ0v) is 4.68. The smallest absolute Gasteiger partial charge is 0.159 e. The largest absolute Gasteiger partial charge is 0.366 e. The second kappa shape index (κ2) is 2.28. The van der Waals surface area contributed by atoms with Gasteiger partial charge in [-0.05, 0) is 13.3 Å². The van der Waals surface area contributed by atoms with Gasteiger partial charge in [0.25, 0.3) is 0 Å². The van der Waals surface area contributed by atoms with Crippen LogP contribution in [0.25, 0.3) is 0 Å². The first-order valence-electron chi connectivity index (χ1n) is 2.29. The minimum Gasteiger partial charge on any atom is -0.366 e. The zero-order valence-electron chi connectivity index (χ0n) is 4.68. The van der Waals surface area contributed by atoms with E-state index in [4.69, 9.17) is 10.2 Å². The summed E-state index contributed by atoms with van der Waals surface area (Å²) < 4.78 is 0. The lowest BCUT2D eigenvalue weighted by Gasteiger charge is -2.12. The molecular formula is C5H11O2. The molecule has 0 rings (SSSR count). The van der Waals surface area contributed by atoms with Crippen LogP contribution in [0.1, 0.15) is 20.3 Å². The van der Waals surface area contributed by atoms with E-state index in [9.17, 15) is 0 Å². The SMILES string of the molecule is C[CH]CC(C)(O)O. The van der Waals surface area contributed by atoms with Crippen molar-refractivity contribution >= 4 is 0 Å². The molecule has 0 aliphatic carbocycles. The maximum atomic E-state index is 8.54. The molecule has 0 spiro atoms. The van der Waals surface area contributed by atoms with Crippen molar-refractivity contribution in [2.24, 2.45) is 0 Å². The Labute approximate surface area is 43.8 Å². The van der Waals surface area contributed by atoms with Crippen LogP contribution in [-0.2, 0) is 0 Å². The minimum atomic E-state index is -1.51. The molecule has 0 saturated carbocycles. The second-order valence-electron chi connectivity index (χ2n) is 1.83. The summed E-state index contributed by atoms with van der Waals surface area (Å²) in [5.41, 5.74) is 0. The van der Waals surface area contributed by atoms with Crippen molar-refractivity contribution in [1.82, 2.24) is 0 Å². The van der Waals surface area contributed by atoms with Crippen LogP contribution in [0.3, 0.4) is 0 Å². The van der Waals surface area contributed by atoms with E-state index in [-0.39, 0.29) is 0 Å². The van der Waals surface area contributed by atoms with Gasteiger partial charge in [0.1, 0.15) is 0 Å². The number of hydrogen-bond acceptors (Lipinski definition) is 2. The molecule has 0 unspecified atom stereocenters. The predicted octanol–water partition coefficient (Wildman–Crippen LogP) is 0.301. The first kappa shape index (κ1) is 6.92. The molecule has 2 heteroatoms. The molecule has 0 heterocycles. The van der Waals surface area contributed by atoms with Crippen molar-refractivity contribution in [3.05, 3.63) is 6.42 Å². The molecule has 0 fully saturated rings. The molecule has 0 aliphatic heterocycles. The summed E-state index contributed by atoms with van der Waals surface area (Å²) in [7, 11) is 0. The second-order valence-corrected chi connectivity index (χ2v) is 1.83. The molecule has 7 heavy (non-hydrogen) atoms. The summed E-state index contributed by atoms with van der Waals surface area (Å²) >= 11 is 0. The lowest BCUT2D eigenvalue weighted by molar-refractivity contribution is -0.143. The highest BCUT2D eigenvalue weighted by Gasteiger charge is 2.11. The van der Waals surface area contributed by atoms with E-state index in [2.05, 4.69) is 0 Å². The van der Waals surface area contributed by atoms with Crippen LogP contribution >= 0.6 is 0 Å². The number of hydrogen-bond donors (Lipinski definition) is 2. The van der Waals surface area contributed by atoms with Crippen LogP contribution in [-0.4, -0.2) is 16.0 Å². The fourth-order valence-corrected chi connectivity index (χ4v) is 0.387. The van der Waals surface area contributed by atoms with Gasteiger partial charge in [-0.25, -0.2) is 0 Å². The average Bonchev–Trinajstić information content (AvgIpc) is 1.30. The summed E-state index contributed by atoms with van der Waals surface area (Å²) in [6.07, 6.45) is 2.03. The van der Waals surface area contributed by atoms with Crippen molar-refractivity contribution in [3.8, 4) is 0 Å². The fraction of sp³-hybridized carbons (Fsp3) is 0.800. The highest BCUT2D eigenvalue weighted by molar-refractivity contribution is 4.65. The number of aliphatic hydroxyl groups is 2. The molecule has 0 aliphatic rings. The monoisotopic (exact) mass is 103 g/mol. The average molecular weight is 103 g/mol. The molecule has 0 bridgehead atoms. The van der Waals surface area contributed by atoms with Gasteiger partial charge in [0, 0.05) is 6.42 Å². The van der Waals surface area contributed by atoms with Gasteiger partial charge in [-0.2, -0.15) is 0 Å². The molecule has 0 saturated heterocycles. The highest BCUT2D eigenvalue weighted by Crippen LogP contribution is 2.03. The molecule has 2 nitrogen and oxygen atoms in total. The molecule has 2 N–H and O–H groups in total. The van der Waals surface area contributed by atoms with Gasteiger partial charge in [0.05, 0.1) is 0 Å². The Kier molecular flexibility index (Phi) is 2.26. The predicted molar refractivity (Wildman–Crippen MR) is 27.4 cm³/mol. The lowest BCUT2D eigenvalue weighted by Crippen LogP contribution is -2.21. The molecule has 1 radical (unpaired) electrons. The standard InChI is InChI=1S/C5H11O2/c1-3-4-5(2,6)7/h3,6-7H,4H2,1-2H3. The highest BCUT2D eigenvalue weighted by atomic mass is 16.5. The van der Waals surface area contributed by atoms with Gasteiger partial charge in [-0.15, -0.1) is 0 Å². The van der Waals surface area contributed by atoms with Crippen LogP contribution in [0.5, 0.6) is 0 Å². The van der Waals surface area contributed by atoms with Crippen molar-refractivity contribution < 1.29 is 10.2 Å². The maximum Gasteiger partial charge on any atom is 0.159 e. The molecule has 0 amide bonds. The van der Waals surface area contributed by atoms with Crippen LogP contribution < -0.4 is 0 Å². The van der Waals surface area contributed by atoms with E-state index >= 15 is 0 Å². The summed E-state index contributed by atoms with van der Waals surface area (Å²) in [6.45, 7) is 3.14. The molecule has 0 atom stereocenters. The summed E-state index contributed by atoms with van der Waals surface area (Å²) in [4.78, 5) is 0. The first-order chi connectivity index (χ1) is 3.06. The Hall–Kier alpha value is -0.0800. The van der Waals surface area contributed by atoms with Gasteiger partial charge in [0.15, 0.2) is 5.79 Å².